The zero-order valence-corrected chi connectivity index (χ0v) is 15.9. The molecule has 0 bridgehead atoms. The Morgan fingerprint density at radius 2 is 1.74 bits per heavy atom. The average molecular weight is 366 g/mol. The van der Waals surface area contributed by atoms with E-state index in [1.165, 1.54) is 10.5 Å². The molecule has 1 atom stereocenters. The molecule has 0 saturated carbocycles. The van der Waals surface area contributed by atoms with Crippen LogP contribution < -0.4 is 10.1 Å². The fourth-order valence-electron chi connectivity index (χ4n) is 3.32. The molecule has 5 heteroatoms. The van der Waals surface area contributed by atoms with Crippen molar-refractivity contribution in [3.63, 3.8) is 0 Å². The van der Waals surface area contributed by atoms with Gasteiger partial charge in [-0.1, -0.05) is 55.8 Å². The summed E-state index contributed by atoms with van der Waals surface area (Å²) in [5.74, 6) is 0.571. The summed E-state index contributed by atoms with van der Waals surface area (Å²) < 4.78 is 5.64. The Balaban J connectivity index is 1.60. The second-order valence-corrected chi connectivity index (χ2v) is 6.97. The van der Waals surface area contributed by atoms with Gasteiger partial charge in [-0.25, -0.2) is 4.79 Å². The number of rotatable bonds is 8. The predicted octanol–water partition coefficient (Wildman–Crippen LogP) is 3.88. The summed E-state index contributed by atoms with van der Waals surface area (Å²) in [7, 11) is 0. The highest BCUT2D eigenvalue weighted by atomic mass is 16.5. The summed E-state index contributed by atoms with van der Waals surface area (Å²) in [5.41, 5.74) is 1.03. The maximum absolute atomic E-state index is 12.9. The Labute approximate surface area is 160 Å². The topological polar surface area (TPSA) is 58.6 Å². The van der Waals surface area contributed by atoms with E-state index in [2.05, 4.69) is 12.2 Å². The van der Waals surface area contributed by atoms with Crippen LogP contribution in [0, 0.1) is 0 Å². The van der Waals surface area contributed by atoms with Crippen LogP contribution in [0.1, 0.15) is 37.8 Å². The zero-order chi connectivity index (χ0) is 19.3. The van der Waals surface area contributed by atoms with Gasteiger partial charge in [0.15, 0.2) is 0 Å². The third-order valence-corrected chi connectivity index (χ3v) is 4.88. The van der Waals surface area contributed by atoms with E-state index in [1.54, 1.807) is 6.92 Å². The number of nitrogens with one attached hydrogen (secondary N) is 1. The first-order chi connectivity index (χ1) is 13.0. The van der Waals surface area contributed by atoms with Gasteiger partial charge in [-0.2, -0.15) is 0 Å². The van der Waals surface area contributed by atoms with Crippen LogP contribution >= 0.6 is 0 Å². The number of aryl methyl sites for hydroxylation is 1. The minimum absolute atomic E-state index is 0.213. The Morgan fingerprint density at radius 1 is 1.04 bits per heavy atom. The molecule has 142 valence electrons. The number of hydrogen-bond acceptors (Lipinski definition) is 3. The molecule has 1 N–H and O–H groups in total. The molecular weight excluding hydrogens is 340 g/mol. The molecule has 0 aliphatic carbocycles. The molecule has 0 aromatic heterocycles. The van der Waals surface area contributed by atoms with Gasteiger partial charge in [-0.15, -0.1) is 0 Å². The number of urea groups is 1. The molecule has 1 aliphatic rings. The van der Waals surface area contributed by atoms with Crippen LogP contribution in [0.3, 0.4) is 0 Å². The van der Waals surface area contributed by atoms with E-state index in [1.807, 2.05) is 54.6 Å². The van der Waals surface area contributed by atoms with Crippen molar-refractivity contribution in [1.82, 2.24) is 10.2 Å². The summed E-state index contributed by atoms with van der Waals surface area (Å²) in [4.78, 5) is 26.6. The highest BCUT2D eigenvalue weighted by Crippen LogP contribution is 2.29. The van der Waals surface area contributed by atoms with Gasteiger partial charge in [0, 0.05) is 6.54 Å². The highest BCUT2D eigenvalue weighted by molar-refractivity contribution is 6.07. The van der Waals surface area contributed by atoms with E-state index < -0.39 is 5.54 Å². The van der Waals surface area contributed by atoms with Crippen molar-refractivity contribution in [3.05, 3.63) is 65.7 Å². The largest absolute Gasteiger partial charge is 0.494 e. The lowest BCUT2D eigenvalue weighted by atomic mass is 9.91. The van der Waals surface area contributed by atoms with Gasteiger partial charge >= 0.3 is 6.03 Å². The number of amides is 3. The predicted molar refractivity (Wildman–Crippen MR) is 105 cm³/mol. The lowest BCUT2D eigenvalue weighted by Crippen LogP contribution is -2.41. The minimum Gasteiger partial charge on any atom is -0.494 e. The normalized spacial score (nSPS) is 19.3. The van der Waals surface area contributed by atoms with Gasteiger partial charge in [0.05, 0.1) is 6.61 Å². The Kier molecular flexibility index (Phi) is 5.79. The zero-order valence-electron chi connectivity index (χ0n) is 15.9. The van der Waals surface area contributed by atoms with Crippen LogP contribution in [0.4, 0.5) is 4.79 Å². The number of imide groups is 1. The highest BCUT2D eigenvalue weighted by Gasteiger charge is 2.48. The van der Waals surface area contributed by atoms with Crippen molar-refractivity contribution >= 4 is 11.9 Å². The van der Waals surface area contributed by atoms with E-state index in [9.17, 15) is 9.59 Å². The van der Waals surface area contributed by atoms with E-state index in [-0.39, 0.29) is 11.9 Å². The smallest absolute Gasteiger partial charge is 0.325 e. The number of carbonyl (C=O) groups excluding carboxylic acids is 2. The van der Waals surface area contributed by atoms with Crippen LogP contribution in [0.5, 0.6) is 5.75 Å². The molecule has 0 radical (unpaired) electrons. The van der Waals surface area contributed by atoms with Gasteiger partial charge in [-0.3, -0.25) is 9.69 Å². The fourth-order valence-corrected chi connectivity index (χ4v) is 3.32. The number of carbonyl (C=O) groups is 2. The second-order valence-electron chi connectivity index (χ2n) is 6.97. The van der Waals surface area contributed by atoms with Crippen molar-refractivity contribution < 1.29 is 14.3 Å². The lowest BCUT2D eigenvalue weighted by Gasteiger charge is -2.22. The first-order valence-electron chi connectivity index (χ1n) is 9.46. The van der Waals surface area contributed by atoms with Crippen molar-refractivity contribution in [2.75, 3.05) is 13.2 Å². The molecule has 3 amide bonds. The molecule has 5 nitrogen and oxygen atoms in total. The molecule has 1 heterocycles. The maximum atomic E-state index is 12.9. The fraction of sp³-hybridized carbons (Fsp3) is 0.364. The SMILES string of the molecule is CCCc1ccc(C2(C)NC(=O)N(CCCOc3ccccc3)C2=O)cc1. The number of benzene rings is 2. The number of hydrogen-bond donors (Lipinski definition) is 1. The van der Waals surface area contributed by atoms with Crippen molar-refractivity contribution in [2.24, 2.45) is 0 Å². The monoisotopic (exact) mass is 366 g/mol. The molecule has 1 unspecified atom stereocenters. The van der Waals surface area contributed by atoms with Gasteiger partial charge in [0.25, 0.3) is 5.91 Å². The van der Waals surface area contributed by atoms with Gasteiger partial charge in [-0.05, 0) is 43.0 Å². The van der Waals surface area contributed by atoms with Crippen LogP contribution in [0.25, 0.3) is 0 Å². The second kappa shape index (κ2) is 8.25. The molecule has 1 fully saturated rings. The Bertz CT molecular complexity index is 789. The molecular formula is C22H26N2O3. The first kappa shape index (κ1) is 19.0. The molecule has 3 rings (SSSR count). The summed E-state index contributed by atoms with van der Waals surface area (Å²) in [6.45, 7) is 4.68. The lowest BCUT2D eigenvalue weighted by molar-refractivity contribution is -0.131. The van der Waals surface area contributed by atoms with Crippen molar-refractivity contribution in [1.29, 1.82) is 0 Å². The average Bonchev–Trinajstić information content (AvgIpc) is 2.90. The quantitative estimate of drug-likeness (QED) is 0.570. The molecule has 2 aromatic rings. The van der Waals surface area contributed by atoms with E-state index >= 15 is 0 Å². The van der Waals surface area contributed by atoms with Crippen LogP contribution in [0.2, 0.25) is 0 Å². The van der Waals surface area contributed by atoms with E-state index in [4.69, 9.17) is 4.74 Å². The van der Waals surface area contributed by atoms with E-state index in [0.29, 0.717) is 19.6 Å². The van der Waals surface area contributed by atoms with Gasteiger partial charge in [0.2, 0.25) is 0 Å². The summed E-state index contributed by atoms with van der Waals surface area (Å²) in [6, 6.07) is 17.1. The van der Waals surface area contributed by atoms with Gasteiger partial charge in [0.1, 0.15) is 11.3 Å². The number of para-hydroxylation sites is 1. The summed E-state index contributed by atoms with van der Waals surface area (Å²) >= 11 is 0. The number of nitrogens with zero attached hydrogens (tertiary/aromatic N) is 1. The van der Waals surface area contributed by atoms with Crippen LogP contribution in [-0.2, 0) is 16.8 Å². The molecule has 1 aliphatic heterocycles. The van der Waals surface area contributed by atoms with Gasteiger partial charge < -0.3 is 10.1 Å². The molecule has 2 aromatic carbocycles. The van der Waals surface area contributed by atoms with Crippen molar-refractivity contribution in [2.45, 2.75) is 38.6 Å². The third-order valence-electron chi connectivity index (χ3n) is 4.88. The molecule has 27 heavy (non-hydrogen) atoms. The first-order valence-corrected chi connectivity index (χ1v) is 9.46. The Hall–Kier alpha value is -2.82. The molecule has 1 saturated heterocycles. The minimum atomic E-state index is -1.01. The number of ether oxygens (including phenoxy) is 1. The summed E-state index contributed by atoms with van der Waals surface area (Å²) in [5, 5.41) is 2.85. The third kappa shape index (κ3) is 4.13. The van der Waals surface area contributed by atoms with Crippen LogP contribution in [-0.4, -0.2) is 30.0 Å². The van der Waals surface area contributed by atoms with Crippen molar-refractivity contribution in [3.8, 4) is 5.75 Å². The summed E-state index contributed by atoms with van der Waals surface area (Å²) in [6.07, 6.45) is 2.66. The standard InChI is InChI=1S/C22H26N2O3/c1-3-8-17-11-13-18(14-12-17)22(2)20(25)24(21(26)23-22)15-7-16-27-19-9-5-4-6-10-19/h4-6,9-14H,3,7-8,15-16H2,1-2H3,(H,23,26). The van der Waals surface area contributed by atoms with E-state index in [0.717, 1.165) is 24.2 Å². The molecule has 0 spiro atoms. The van der Waals surface area contributed by atoms with Crippen LogP contribution in [0.15, 0.2) is 54.6 Å². The Morgan fingerprint density at radius 3 is 2.41 bits per heavy atom. The maximum Gasteiger partial charge on any atom is 0.325 e.